The van der Waals surface area contributed by atoms with Crippen LogP contribution in [0, 0.1) is 0 Å². The summed E-state index contributed by atoms with van der Waals surface area (Å²) in [6, 6.07) is 8.47. The van der Waals surface area contributed by atoms with E-state index in [4.69, 9.17) is 11.6 Å². The molecule has 1 heterocycles. The van der Waals surface area contributed by atoms with Crippen LogP contribution in [-0.2, 0) is 19.3 Å². The van der Waals surface area contributed by atoms with Crippen molar-refractivity contribution in [2.24, 2.45) is 0 Å². The van der Waals surface area contributed by atoms with E-state index in [0.29, 0.717) is 5.88 Å². The average molecular weight is 288 g/mol. The van der Waals surface area contributed by atoms with Gasteiger partial charge in [0.25, 0.3) is 0 Å². The maximum atomic E-state index is 5.75. The number of nitrogens with one attached hydrogen (secondary N) is 1. The van der Waals surface area contributed by atoms with E-state index in [2.05, 4.69) is 39.6 Å². The van der Waals surface area contributed by atoms with E-state index < -0.39 is 0 Å². The second-order valence-electron chi connectivity index (χ2n) is 5.12. The summed E-state index contributed by atoms with van der Waals surface area (Å²) in [5.74, 6) is 1.67. The number of halogens is 1. The zero-order valence-electron chi connectivity index (χ0n) is 11.4. The van der Waals surface area contributed by atoms with Crippen molar-refractivity contribution in [2.75, 3.05) is 11.2 Å². The quantitative estimate of drug-likeness (QED) is 0.848. The van der Waals surface area contributed by atoms with Crippen molar-refractivity contribution in [3.8, 4) is 0 Å². The fraction of sp³-hybridized carbons (Fsp3) is 0.375. The highest BCUT2D eigenvalue weighted by molar-refractivity contribution is 6.17. The molecule has 0 atom stereocenters. The molecule has 0 radical (unpaired) electrons. The van der Waals surface area contributed by atoms with Crippen molar-refractivity contribution >= 4 is 23.1 Å². The lowest BCUT2D eigenvalue weighted by Crippen LogP contribution is -2.01. The molecule has 2 aromatic rings. The Hall–Kier alpha value is -1.61. The molecule has 20 heavy (non-hydrogen) atoms. The highest BCUT2D eigenvalue weighted by Crippen LogP contribution is 2.27. The molecule has 1 aliphatic rings. The van der Waals surface area contributed by atoms with E-state index in [1.165, 1.54) is 23.2 Å². The number of anilines is 2. The summed E-state index contributed by atoms with van der Waals surface area (Å²) >= 11 is 5.75. The first-order valence-corrected chi connectivity index (χ1v) is 7.65. The molecule has 0 unspecified atom stereocenters. The molecule has 1 aromatic carbocycles. The Balaban J connectivity index is 1.79. The third-order valence-electron chi connectivity index (χ3n) is 3.66. The highest BCUT2D eigenvalue weighted by atomic mass is 35.5. The van der Waals surface area contributed by atoms with E-state index in [9.17, 15) is 0 Å². The number of rotatable bonds is 5. The number of fused-ring (bicyclic) bond motifs is 1. The number of hydrogen-bond donors (Lipinski definition) is 1. The van der Waals surface area contributed by atoms with Crippen LogP contribution in [0.25, 0.3) is 0 Å². The van der Waals surface area contributed by atoms with E-state index in [0.717, 1.165) is 37.2 Å². The van der Waals surface area contributed by atoms with Crippen LogP contribution in [0.2, 0.25) is 0 Å². The van der Waals surface area contributed by atoms with Gasteiger partial charge >= 0.3 is 0 Å². The van der Waals surface area contributed by atoms with E-state index in [1.54, 1.807) is 6.33 Å². The van der Waals surface area contributed by atoms with Gasteiger partial charge in [0.1, 0.15) is 12.1 Å². The number of hydrogen-bond acceptors (Lipinski definition) is 3. The number of alkyl halides is 1. The summed E-state index contributed by atoms with van der Waals surface area (Å²) in [6.07, 6.45) is 7.00. The van der Waals surface area contributed by atoms with Crippen LogP contribution in [0.5, 0.6) is 0 Å². The van der Waals surface area contributed by atoms with Gasteiger partial charge in [-0.15, -0.1) is 11.6 Å². The van der Waals surface area contributed by atoms with Gasteiger partial charge in [-0.3, -0.25) is 0 Å². The minimum atomic E-state index is 0.705. The van der Waals surface area contributed by atoms with Crippen LogP contribution >= 0.6 is 11.6 Å². The van der Waals surface area contributed by atoms with Crippen molar-refractivity contribution in [3.63, 3.8) is 0 Å². The summed E-state index contributed by atoms with van der Waals surface area (Å²) < 4.78 is 0. The Morgan fingerprint density at radius 2 is 2.15 bits per heavy atom. The molecule has 0 fully saturated rings. The van der Waals surface area contributed by atoms with Crippen LogP contribution in [0.15, 0.2) is 30.6 Å². The fourth-order valence-electron chi connectivity index (χ4n) is 2.68. The number of benzene rings is 1. The smallest absolute Gasteiger partial charge is 0.137 e. The summed E-state index contributed by atoms with van der Waals surface area (Å²) in [5.41, 5.74) is 4.87. The van der Waals surface area contributed by atoms with Gasteiger partial charge in [-0.25, -0.2) is 9.97 Å². The van der Waals surface area contributed by atoms with Gasteiger partial charge in [-0.2, -0.15) is 0 Å². The number of nitrogens with zero attached hydrogens (tertiary/aromatic N) is 2. The summed E-state index contributed by atoms with van der Waals surface area (Å²) in [4.78, 5) is 8.75. The monoisotopic (exact) mass is 287 g/mol. The van der Waals surface area contributed by atoms with E-state index in [-0.39, 0.29) is 0 Å². The predicted octanol–water partition coefficient (Wildman–Crippen LogP) is 3.88. The third-order valence-corrected chi connectivity index (χ3v) is 3.93. The number of aromatic nitrogens is 2. The van der Waals surface area contributed by atoms with E-state index >= 15 is 0 Å². The van der Waals surface area contributed by atoms with Gasteiger partial charge in [-0.05, 0) is 49.8 Å². The minimum absolute atomic E-state index is 0.705. The van der Waals surface area contributed by atoms with Crippen LogP contribution < -0.4 is 5.32 Å². The van der Waals surface area contributed by atoms with Crippen molar-refractivity contribution in [3.05, 3.63) is 47.4 Å². The van der Waals surface area contributed by atoms with E-state index in [1.807, 2.05) is 0 Å². The molecule has 3 rings (SSSR count). The lowest BCUT2D eigenvalue weighted by Gasteiger charge is -2.10. The first-order valence-electron chi connectivity index (χ1n) is 7.11. The van der Waals surface area contributed by atoms with Gasteiger partial charge in [0, 0.05) is 22.8 Å². The zero-order chi connectivity index (χ0) is 13.8. The maximum absolute atomic E-state index is 5.75. The van der Waals surface area contributed by atoms with Gasteiger partial charge in [0.2, 0.25) is 0 Å². The molecule has 0 amide bonds. The van der Waals surface area contributed by atoms with Gasteiger partial charge in [0.15, 0.2) is 0 Å². The van der Waals surface area contributed by atoms with Gasteiger partial charge in [-0.1, -0.05) is 12.1 Å². The van der Waals surface area contributed by atoms with Crippen molar-refractivity contribution < 1.29 is 0 Å². The Bertz CT molecular complexity index is 598. The van der Waals surface area contributed by atoms with Crippen LogP contribution in [0.4, 0.5) is 11.5 Å². The molecule has 0 bridgehead atoms. The molecule has 0 saturated heterocycles. The molecule has 4 heteroatoms. The molecular weight excluding hydrogens is 270 g/mol. The summed E-state index contributed by atoms with van der Waals surface area (Å²) in [7, 11) is 0. The Morgan fingerprint density at radius 3 is 3.05 bits per heavy atom. The molecule has 104 valence electrons. The maximum Gasteiger partial charge on any atom is 0.137 e. The normalized spacial score (nSPS) is 13.2. The molecular formula is C16H18ClN3. The zero-order valence-corrected chi connectivity index (χ0v) is 12.2. The van der Waals surface area contributed by atoms with Crippen molar-refractivity contribution in [1.82, 2.24) is 9.97 Å². The molecule has 1 aromatic heterocycles. The third kappa shape index (κ3) is 2.93. The lowest BCUT2D eigenvalue weighted by molar-refractivity contribution is 0.899. The lowest BCUT2D eigenvalue weighted by atomic mass is 10.1. The highest BCUT2D eigenvalue weighted by Gasteiger charge is 2.16. The van der Waals surface area contributed by atoms with Crippen molar-refractivity contribution in [2.45, 2.75) is 32.1 Å². The minimum Gasteiger partial charge on any atom is -0.340 e. The van der Waals surface area contributed by atoms with Crippen LogP contribution in [-0.4, -0.2) is 15.8 Å². The first-order chi connectivity index (χ1) is 9.86. The van der Waals surface area contributed by atoms with Crippen LogP contribution in [0.3, 0.4) is 0 Å². The van der Waals surface area contributed by atoms with Crippen LogP contribution in [0.1, 0.15) is 29.7 Å². The number of aryl methyl sites for hydroxylation is 2. The Morgan fingerprint density at radius 1 is 1.20 bits per heavy atom. The summed E-state index contributed by atoms with van der Waals surface area (Å²) in [6.45, 7) is 0. The van der Waals surface area contributed by atoms with Crippen molar-refractivity contribution in [1.29, 1.82) is 0 Å². The first kappa shape index (κ1) is 13.4. The molecule has 0 saturated carbocycles. The topological polar surface area (TPSA) is 37.8 Å². The molecule has 0 spiro atoms. The van der Waals surface area contributed by atoms with Gasteiger partial charge in [0.05, 0.1) is 0 Å². The fourth-order valence-corrected chi connectivity index (χ4v) is 2.81. The Labute approximate surface area is 124 Å². The second kappa shape index (κ2) is 6.23. The standard InChI is InChI=1S/C16H18ClN3/c17-9-3-5-12-4-1-6-13(10-12)20-16-14-7-2-8-15(14)18-11-19-16/h1,4,6,10-11H,2-3,5,7-9H2,(H,18,19,20). The summed E-state index contributed by atoms with van der Waals surface area (Å²) in [5, 5.41) is 3.44. The SMILES string of the molecule is ClCCCc1cccc(Nc2ncnc3c2CCC3)c1. The molecule has 1 N–H and O–H groups in total. The van der Waals surface area contributed by atoms with Gasteiger partial charge < -0.3 is 5.32 Å². The molecule has 3 nitrogen and oxygen atoms in total. The molecule has 1 aliphatic carbocycles. The predicted molar refractivity (Wildman–Crippen MR) is 82.8 cm³/mol. The largest absolute Gasteiger partial charge is 0.340 e. The molecule has 0 aliphatic heterocycles. The second-order valence-corrected chi connectivity index (χ2v) is 5.50. The Kier molecular flexibility index (Phi) is 4.16. The average Bonchev–Trinajstić information content (AvgIpc) is 2.95.